The highest BCUT2D eigenvalue weighted by Gasteiger charge is 2.41. The van der Waals surface area contributed by atoms with Crippen LogP contribution in [0.2, 0.25) is 0 Å². The number of anilines is 3. The lowest BCUT2D eigenvalue weighted by molar-refractivity contribution is 1.18. The Hall–Kier alpha value is -9.28. The molecule has 3 heteroatoms. The van der Waals surface area contributed by atoms with Crippen molar-refractivity contribution in [2.24, 2.45) is 0 Å². The van der Waals surface area contributed by atoms with Crippen molar-refractivity contribution in [1.29, 1.82) is 0 Å². The molecule has 0 amide bonds. The normalized spacial score (nSPS) is 11.6. The van der Waals surface area contributed by atoms with Gasteiger partial charge in [-0.15, -0.1) is 0 Å². The Kier molecular flexibility index (Phi) is 11.3. The Morgan fingerprint density at radius 1 is 0.288 bits per heavy atom. The molecule has 12 aromatic carbocycles. The van der Waals surface area contributed by atoms with Gasteiger partial charge in [-0.1, -0.05) is 243 Å². The first-order chi connectivity index (χ1) is 36.2. The predicted molar refractivity (Wildman–Crippen MR) is 313 cm³/mol. The number of rotatable bonds is 11. The summed E-state index contributed by atoms with van der Waals surface area (Å²) in [4.78, 5) is 2.51. The van der Waals surface area contributed by atoms with E-state index in [1.807, 2.05) is 0 Å². The van der Waals surface area contributed by atoms with Gasteiger partial charge in [-0.05, 0) is 126 Å². The third-order valence-corrected chi connectivity index (χ3v) is 19.5. The molecule has 2 nitrogen and oxygen atoms in total. The highest BCUT2D eigenvalue weighted by molar-refractivity contribution is 7.19. The zero-order valence-corrected chi connectivity index (χ0v) is 41.3. The molecule has 0 N–H and O–H groups in total. The minimum absolute atomic E-state index is 1.08. The maximum atomic E-state index is 2.51. The van der Waals surface area contributed by atoms with Crippen molar-refractivity contribution < 1.29 is 0 Å². The SMILES string of the molecule is c1ccc(-c2cc(-c3ccccc3)cc(-n3c4ccccc4c4c(N(c5ccc(-c6cccc7ccccc67)cc5)c5cccc([Si](c6ccccc6)(c6ccccc6)c6ccccc6)c5)cccc43)c2)cc1. The number of hydrogen-bond donors (Lipinski definition) is 0. The van der Waals surface area contributed by atoms with Crippen LogP contribution in [0.3, 0.4) is 0 Å². The summed E-state index contributed by atoms with van der Waals surface area (Å²) in [6, 6.07) is 112. The fourth-order valence-corrected chi connectivity index (χ4v) is 16.2. The number of nitrogens with zero attached hydrogens (tertiary/aromatic N) is 2. The van der Waals surface area contributed by atoms with Crippen LogP contribution < -0.4 is 25.6 Å². The Morgan fingerprint density at radius 2 is 0.767 bits per heavy atom. The zero-order valence-electron chi connectivity index (χ0n) is 40.3. The van der Waals surface area contributed by atoms with Crippen LogP contribution in [-0.4, -0.2) is 12.6 Å². The molecule has 73 heavy (non-hydrogen) atoms. The van der Waals surface area contributed by atoms with E-state index in [1.165, 1.54) is 75.7 Å². The van der Waals surface area contributed by atoms with Crippen LogP contribution in [0.25, 0.3) is 71.6 Å². The summed E-state index contributed by atoms with van der Waals surface area (Å²) in [6.45, 7) is 0. The van der Waals surface area contributed by atoms with Gasteiger partial charge in [-0.2, -0.15) is 0 Å². The average molecular weight is 947 g/mol. The zero-order chi connectivity index (χ0) is 48.6. The molecule has 0 spiro atoms. The quantitative estimate of drug-likeness (QED) is 0.0926. The van der Waals surface area contributed by atoms with Gasteiger partial charge in [0.1, 0.15) is 0 Å². The molecule has 0 saturated heterocycles. The molecule has 344 valence electrons. The van der Waals surface area contributed by atoms with Crippen molar-refractivity contribution in [3.8, 4) is 39.1 Å². The number of hydrogen-bond acceptors (Lipinski definition) is 1. The summed E-state index contributed by atoms with van der Waals surface area (Å²) in [6.07, 6.45) is 0. The van der Waals surface area contributed by atoms with Crippen LogP contribution >= 0.6 is 0 Å². The minimum Gasteiger partial charge on any atom is -0.310 e. The van der Waals surface area contributed by atoms with Gasteiger partial charge in [0.25, 0.3) is 0 Å². The summed E-state index contributed by atoms with van der Waals surface area (Å²) in [5, 5.41) is 10.2. The molecule has 0 fully saturated rings. The fourth-order valence-electron chi connectivity index (χ4n) is 11.4. The third-order valence-electron chi connectivity index (χ3n) is 14.7. The summed E-state index contributed by atoms with van der Waals surface area (Å²) in [5.74, 6) is 0. The maximum absolute atomic E-state index is 2.89. The number of para-hydroxylation sites is 1. The molecule has 0 saturated carbocycles. The van der Waals surface area contributed by atoms with E-state index in [9.17, 15) is 0 Å². The van der Waals surface area contributed by atoms with Crippen molar-refractivity contribution in [2.45, 2.75) is 0 Å². The summed E-state index contributed by atoms with van der Waals surface area (Å²) < 4.78 is 2.48. The van der Waals surface area contributed by atoms with Crippen molar-refractivity contribution in [3.63, 3.8) is 0 Å². The Balaban J connectivity index is 1.07. The van der Waals surface area contributed by atoms with E-state index in [2.05, 4.69) is 313 Å². The second-order valence-electron chi connectivity index (χ2n) is 18.8. The fraction of sp³-hybridized carbons (Fsp3) is 0. The predicted octanol–water partition coefficient (Wildman–Crippen LogP) is 15.8. The highest BCUT2D eigenvalue weighted by Crippen LogP contribution is 2.45. The highest BCUT2D eigenvalue weighted by atomic mass is 28.3. The molecule has 0 aliphatic heterocycles. The van der Waals surface area contributed by atoms with Crippen LogP contribution in [0.15, 0.2) is 303 Å². The molecule has 0 radical (unpaired) electrons. The van der Waals surface area contributed by atoms with Crippen LogP contribution in [0.4, 0.5) is 17.1 Å². The average Bonchev–Trinajstić information content (AvgIpc) is 3.82. The van der Waals surface area contributed by atoms with Gasteiger partial charge < -0.3 is 9.47 Å². The first-order valence-corrected chi connectivity index (χ1v) is 27.2. The van der Waals surface area contributed by atoms with Crippen LogP contribution in [0.5, 0.6) is 0 Å². The molecule has 0 aliphatic carbocycles. The molecular weight excluding hydrogens is 897 g/mol. The first kappa shape index (κ1) is 43.7. The molecule has 1 heterocycles. The van der Waals surface area contributed by atoms with Crippen molar-refractivity contribution in [3.05, 3.63) is 303 Å². The second-order valence-corrected chi connectivity index (χ2v) is 22.6. The summed E-state index contributed by atoms with van der Waals surface area (Å²) in [7, 11) is -2.89. The number of benzene rings is 12. The van der Waals surface area contributed by atoms with Crippen LogP contribution in [0, 0.1) is 0 Å². The van der Waals surface area contributed by atoms with E-state index in [4.69, 9.17) is 0 Å². The molecule has 13 aromatic rings. The van der Waals surface area contributed by atoms with Gasteiger partial charge in [-0.3, -0.25) is 0 Å². The summed E-state index contributed by atoms with van der Waals surface area (Å²) in [5.41, 5.74) is 13.8. The van der Waals surface area contributed by atoms with E-state index < -0.39 is 8.07 Å². The lowest BCUT2D eigenvalue weighted by Gasteiger charge is -2.35. The number of aromatic nitrogens is 1. The number of fused-ring (bicyclic) bond motifs is 4. The van der Waals surface area contributed by atoms with Crippen LogP contribution in [-0.2, 0) is 0 Å². The van der Waals surface area contributed by atoms with E-state index in [0.29, 0.717) is 0 Å². The molecule has 0 bridgehead atoms. The van der Waals surface area contributed by atoms with Crippen molar-refractivity contribution in [1.82, 2.24) is 4.57 Å². The lowest BCUT2D eigenvalue weighted by Crippen LogP contribution is -2.74. The minimum atomic E-state index is -2.89. The Labute approximate surface area is 428 Å². The monoisotopic (exact) mass is 946 g/mol. The van der Waals surface area contributed by atoms with E-state index in [-0.39, 0.29) is 0 Å². The summed E-state index contributed by atoms with van der Waals surface area (Å²) >= 11 is 0. The van der Waals surface area contributed by atoms with Crippen molar-refractivity contribution in [2.75, 3.05) is 4.90 Å². The van der Waals surface area contributed by atoms with E-state index in [1.54, 1.807) is 0 Å². The van der Waals surface area contributed by atoms with Gasteiger partial charge in [0.05, 0.1) is 16.7 Å². The van der Waals surface area contributed by atoms with E-state index >= 15 is 0 Å². The van der Waals surface area contributed by atoms with E-state index in [0.717, 1.165) is 33.8 Å². The Bertz CT molecular complexity index is 3900. The van der Waals surface area contributed by atoms with Crippen LogP contribution in [0.1, 0.15) is 0 Å². The molecule has 0 atom stereocenters. The lowest BCUT2D eigenvalue weighted by atomic mass is 9.98. The third kappa shape index (κ3) is 7.75. The van der Waals surface area contributed by atoms with Gasteiger partial charge in [-0.25, -0.2) is 0 Å². The smallest absolute Gasteiger partial charge is 0.179 e. The van der Waals surface area contributed by atoms with Gasteiger partial charge >= 0.3 is 0 Å². The molecule has 0 unspecified atom stereocenters. The standard InChI is InChI=1S/C70H50N2Si/c1-6-23-51(24-7-1)55-47-56(52-25-8-2-9-26-52)49-59(48-55)72-67-40-19-18-38-66(67)70-68(41-22-42-69(70)72)71(57-45-43-54(44-46-57)65-39-20-28-53-27-16-17-37-64(53)65)58-29-21-36-63(50-58)73(60-30-10-3-11-31-60,61-32-12-4-13-33-61)62-34-14-5-15-35-62/h1-50H. The topological polar surface area (TPSA) is 8.17 Å². The largest absolute Gasteiger partial charge is 0.310 e. The van der Waals surface area contributed by atoms with Gasteiger partial charge in [0, 0.05) is 27.8 Å². The molecule has 13 rings (SSSR count). The molecular formula is C70H50N2Si. The van der Waals surface area contributed by atoms with Gasteiger partial charge in [0.2, 0.25) is 0 Å². The van der Waals surface area contributed by atoms with Gasteiger partial charge in [0.15, 0.2) is 8.07 Å². The molecule has 0 aliphatic rings. The second kappa shape index (κ2) is 18.8. The maximum Gasteiger partial charge on any atom is 0.179 e. The first-order valence-electron chi connectivity index (χ1n) is 25.2. The Morgan fingerprint density at radius 3 is 1.38 bits per heavy atom. The molecule has 1 aromatic heterocycles. The van der Waals surface area contributed by atoms with Crippen molar-refractivity contribution >= 4 is 78.5 Å².